The molecular weight excluding hydrogens is 249 g/mol. The van der Waals surface area contributed by atoms with Crippen molar-refractivity contribution in [1.82, 2.24) is 0 Å². The van der Waals surface area contributed by atoms with E-state index in [1.807, 2.05) is 6.07 Å². The number of rotatable bonds is 2. The van der Waals surface area contributed by atoms with Crippen LogP contribution in [0.3, 0.4) is 0 Å². The van der Waals surface area contributed by atoms with E-state index in [1.165, 1.54) is 11.6 Å². The van der Waals surface area contributed by atoms with Gasteiger partial charge in [-0.1, -0.05) is 43.2 Å². The van der Waals surface area contributed by atoms with Gasteiger partial charge in [-0.25, -0.2) is 4.39 Å². The summed E-state index contributed by atoms with van der Waals surface area (Å²) < 4.78 is 13.4. The summed E-state index contributed by atoms with van der Waals surface area (Å²) >= 11 is 5.68. The Balaban J connectivity index is 2.16. The van der Waals surface area contributed by atoms with E-state index in [0.717, 1.165) is 24.8 Å². The van der Waals surface area contributed by atoms with Crippen LogP contribution in [0.15, 0.2) is 29.8 Å². The Labute approximate surface area is 113 Å². The fraction of sp³-hybridized carbons (Fsp3) is 0.467. The van der Waals surface area contributed by atoms with Crippen molar-refractivity contribution in [1.29, 1.82) is 0 Å². The lowest BCUT2D eigenvalue weighted by molar-refractivity contribution is 0.299. The maximum Gasteiger partial charge on any atom is 0.142 e. The second-order valence-corrected chi connectivity index (χ2v) is 6.37. The predicted octanol–water partition coefficient (Wildman–Crippen LogP) is 4.10. The minimum absolute atomic E-state index is 0.112. The first kappa shape index (κ1) is 13.6. The molecule has 3 heteroatoms. The Bertz CT molecular complexity index is 479. The Kier molecular flexibility index (Phi) is 3.79. The molecule has 1 atom stereocenters. The van der Waals surface area contributed by atoms with E-state index >= 15 is 0 Å². The van der Waals surface area contributed by atoms with Crippen molar-refractivity contribution in [3.05, 3.63) is 46.3 Å². The molecule has 0 amide bonds. The molecule has 1 aromatic carbocycles. The van der Waals surface area contributed by atoms with Gasteiger partial charge in [-0.15, -0.1) is 0 Å². The average molecular weight is 268 g/mol. The van der Waals surface area contributed by atoms with Crippen molar-refractivity contribution in [3.63, 3.8) is 0 Å². The van der Waals surface area contributed by atoms with Crippen LogP contribution in [0.2, 0.25) is 5.02 Å². The second-order valence-electron chi connectivity index (χ2n) is 5.96. The van der Waals surface area contributed by atoms with Crippen molar-refractivity contribution in [2.24, 2.45) is 11.1 Å². The molecule has 98 valence electrons. The molecule has 0 spiro atoms. The van der Waals surface area contributed by atoms with Gasteiger partial charge in [0.15, 0.2) is 0 Å². The van der Waals surface area contributed by atoms with Gasteiger partial charge in [0.1, 0.15) is 5.82 Å². The van der Waals surface area contributed by atoms with Crippen LogP contribution >= 0.6 is 11.6 Å². The highest BCUT2D eigenvalue weighted by atomic mass is 35.5. The summed E-state index contributed by atoms with van der Waals surface area (Å²) in [6, 6.07) is 5.11. The van der Waals surface area contributed by atoms with Crippen LogP contribution in [0, 0.1) is 11.2 Å². The standard InChI is InChI=1S/C15H19ClFN/c1-15(2)8-11(6-12(18)9-15)5-10-3-4-13(16)14(17)7-10/h3-4,6-7,12H,5,8-9,18H2,1-2H3. The molecule has 0 aliphatic heterocycles. The lowest BCUT2D eigenvalue weighted by atomic mass is 9.74. The average Bonchev–Trinajstić information content (AvgIpc) is 2.20. The Morgan fingerprint density at radius 1 is 1.44 bits per heavy atom. The highest BCUT2D eigenvalue weighted by molar-refractivity contribution is 6.30. The largest absolute Gasteiger partial charge is 0.324 e. The number of nitrogens with two attached hydrogens (primary N) is 1. The predicted molar refractivity (Wildman–Crippen MR) is 74.2 cm³/mol. The van der Waals surface area contributed by atoms with E-state index < -0.39 is 0 Å². The molecule has 1 aliphatic rings. The molecular formula is C15H19ClFN. The molecule has 0 aromatic heterocycles. The third kappa shape index (κ3) is 3.33. The molecule has 2 N–H and O–H groups in total. The van der Waals surface area contributed by atoms with Gasteiger partial charge >= 0.3 is 0 Å². The highest BCUT2D eigenvalue weighted by Crippen LogP contribution is 2.36. The summed E-state index contributed by atoms with van der Waals surface area (Å²) in [5.41, 5.74) is 8.51. The molecule has 18 heavy (non-hydrogen) atoms. The van der Waals surface area contributed by atoms with Gasteiger partial charge in [0.2, 0.25) is 0 Å². The molecule has 0 radical (unpaired) electrons. The van der Waals surface area contributed by atoms with Gasteiger partial charge in [0.25, 0.3) is 0 Å². The lowest BCUT2D eigenvalue weighted by Crippen LogP contribution is -2.31. The topological polar surface area (TPSA) is 26.0 Å². The minimum Gasteiger partial charge on any atom is -0.324 e. The van der Waals surface area contributed by atoms with Gasteiger partial charge in [0, 0.05) is 6.04 Å². The fourth-order valence-corrected chi connectivity index (χ4v) is 2.90. The van der Waals surface area contributed by atoms with Crippen LogP contribution in [-0.2, 0) is 6.42 Å². The van der Waals surface area contributed by atoms with E-state index in [9.17, 15) is 4.39 Å². The zero-order valence-corrected chi connectivity index (χ0v) is 11.6. The van der Waals surface area contributed by atoms with Crippen LogP contribution in [0.5, 0.6) is 0 Å². The highest BCUT2D eigenvalue weighted by Gasteiger charge is 2.26. The van der Waals surface area contributed by atoms with Crippen LogP contribution in [-0.4, -0.2) is 6.04 Å². The van der Waals surface area contributed by atoms with E-state index in [0.29, 0.717) is 0 Å². The quantitative estimate of drug-likeness (QED) is 0.803. The molecule has 2 rings (SSSR count). The zero-order valence-electron chi connectivity index (χ0n) is 10.8. The lowest BCUT2D eigenvalue weighted by Gasteiger charge is -2.33. The Morgan fingerprint density at radius 3 is 2.78 bits per heavy atom. The fourth-order valence-electron chi connectivity index (χ4n) is 2.78. The van der Waals surface area contributed by atoms with E-state index in [1.54, 1.807) is 6.07 Å². The van der Waals surface area contributed by atoms with E-state index in [2.05, 4.69) is 19.9 Å². The smallest absolute Gasteiger partial charge is 0.142 e. The van der Waals surface area contributed by atoms with Gasteiger partial charge in [-0.05, 0) is 42.4 Å². The van der Waals surface area contributed by atoms with Crippen molar-refractivity contribution >= 4 is 11.6 Å². The first-order valence-corrected chi connectivity index (χ1v) is 6.63. The first-order valence-electron chi connectivity index (χ1n) is 6.25. The number of hydrogen-bond donors (Lipinski definition) is 1. The Hall–Kier alpha value is -0.860. The third-order valence-electron chi connectivity index (χ3n) is 3.36. The summed E-state index contributed by atoms with van der Waals surface area (Å²) in [7, 11) is 0. The molecule has 0 fully saturated rings. The molecule has 0 saturated carbocycles. The SMILES string of the molecule is CC1(C)CC(Cc2ccc(Cl)c(F)c2)=CC(N)C1. The zero-order chi connectivity index (χ0) is 13.3. The summed E-state index contributed by atoms with van der Waals surface area (Å²) in [6.07, 6.45) is 4.90. The van der Waals surface area contributed by atoms with Crippen molar-refractivity contribution in [3.8, 4) is 0 Å². The molecule has 1 aromatic rings. The van der Waals surface area contributed by atoms with Crippen molar-refractivity contribution < 1.29 is 4.39 Å². The maximum atomic E-state index is 13.4. The molecule has 0 heterocycles. The van der Waals surface area contributed by atoms with Crippen molar-refractivity contribution in [2.45, 2.75) is 39.2 Å². The van der Waals surface area contributed by atoms with Crippen molar-refractivity contribution in [2.75, 3.05) is 0 Å². The first-order chi connectivity index (χ1) is 8.35. The molecule has 1 nitrogen and oxygen atoms in total. The van der Waals surface area contributed by atoms with Gasteiger partial charge in [-0.3, -0.25) is 0 Å². The Morgan fingerprint density at radius 2 is 2.17 bits per heavy atom. The minimum atomic E-state index is -0.353. The molecule has 0 saturated heterocycles. The normalized spacial score (nSPS) is 22.7. The summed E-state index contributed by atoms with van der Waals surface area (Å²) in [5.74, 6) is -0.353. The number of allylic oxidation sites excluding steroid dienone is 1. The van der Waals surface area contributed by atoms with E-state index in [-0.39, 0.29) is 22.3 Å². The number of hydrogen-bond acceptors (Lipinski definition) is 1. The monoisotopic (exact) mass is 267 g/mol. The molecule has 1 unspecified atom stereocenters. The second kappa shape index (κ2) is 5.02. The summed E-state index contributed by atoms with van der Waals surface area (Å²) in [5, 5.41) is 0.174. The summed E-state index contributed by atoms with van der Waals surface area (Å²) in [6.45, 7) is 4.45. The molecule has 0 bridgehead atoms. The van der Waals surface area contributed by atoms with Crippen LogP contribution in [0.1, 0.15) is 32.3 Å². The summed E-state index contributed by atoms with van der Waals surface area (Å²) in [4.78, 5) is 0. The van der Waals surface area contributed by atoms with Crippen LogP contribution in [0.25, 0.3) is 0 Å². The molecule has 1 aliphatic carbocycles. The number of benzene rings is 1. The van der Waals surface area contributed by atoms with E-state index in [4.69, 9.17) is 17.3 Å². The van der Waals surface area contributed by atoms with Crippen LogP contribution < -0.4 is 5.73 Å². The third-order valence-corrected chi connectivity index (χ3v) is 3.67. The number of halogens is 2. The van der Waals surface area contributed by atoms with Crippen LogP contribution in [0.4, 0.5) is 4.39 Å². The van der Waals surface area contributed by atoms with Gasteiger partial charge < -0.3 is 5.73 Å². The van der Waals surface area contributed by atoms with Gasteiger partial charge in [-0.2, -0.15) is 0 Å². The maximum absolute atomic E-state index is 13.4. The van der Waals surface area contributed by atoms with Gasteiger partial charge in [0.05, 0.1) is 5.02 Å².